The Hall–Kier alpha value is -2.45. The summed E-state index contributed by atoms with van der Waals surface area (Å²) in [6.07, 6.45) is 1.11. The normalized spacial score (nSPS) is 19.5. The number of anilines is 1. The van der Waals surface area contributed by atoms with Crippen molar-refractivity contribution in [3.63, 3.8) is 0 Å². The molecule has 156 valence electrons. The summed E-state index contributed by atoms with van der Waals surface area (Å²) in [5, 5.41) is 6.53. The van der Waals surface area contributed by atoms with Gasteiger partial charge in [-0.15, -0.1) is 0 Å². The molecule has 1 N–H and O–H groups in total. The van der Waals surface area contributed by atoms with E-state index in [0.29, 0.717) is 12.8 Å². The van der Waals surface area contributed by atoms with E-state index in [1.54, 1.807) is 0 Å². The highest BCUT2D eigenvalue weighted by Gasteiger charge is 2.49. The van der Waals surface area contributed by atoms with Crippen molar-refractivity contribution in [1.82, 2.24) is 9.78 Å². The minimum atomic E-state index is -3.50. The first-order chi connectivity index (χ1) is 13.6. The van der Waals surface area contributed by atoms with Crippen LogP contribution in [0.3, 0.4) is 0 Å². The minimum Gasteiger partial charge on any atom is -0.310 e. The molecule has 2 aromatic rings. The van der Waals surface area contributed by atoms with Crippen LogP contribution >= 0.6 is 0 Å². The molecule has 0 atom stereocenters. The average molecular weight is 413 g/mol. The molecule has 0 spiro atoms. The molecule has 0 saturated heterocycles. The zero-order valence-corrected chi connectivity index (χ0v) is 15.7. The summed E-state index contributed by atoms with van der Waals surface area (Å²) >= 11 is 0. The van der Waals surface area contributed by atoms with Crippen molar-refractivity contribution in [1.29, 1.82) is 0 Å². The van der Waals surface area contributed by atoms with Gasteiger partial charge in [0.25, 0.3) is 0 Å². The van der Waals surface area contributed by atoms with Gasteiger partial charge in [-0.25, -0.2) is 13.2 Å². The van der Waals surface area contributed by atoms with E-state index in [1.807, 2.05) is 0 Å². The van der Waals surface area contributed by atoms with Gasteiger partial charge in [0, 0.05) is 36.9 Å². The zero-order chi connectivity index (χ0) is 21.0. The van der Waals surface area contributed by atoms with Gasteiger partial charge in [-0.05, 0) is 43.0 Å². The van der Waals surface area contributed by atoms with E-state index in [-0.39, 0.29) is 17.3 Å². The predicted octanol–water partition coefficient (Wildman–Crippen LogP) is 4.95. The van der Waals surface area contributed by atoms with Crippen molar-refractivity contribution in [2.45, 2.75) is 49.9 Å². The van der Waals surface area contributed by atoms with E-state index in [1.165, 1.54) is 7.05 Å². The number of amides is 1. The molecule has 2 aliphatic rings. The SMILES string of the molecule is Cn1nc(C(F)(F)c2ccc(F)cc2)c(C2CCC2)c1NC(=O)C1CC(F)(F)C1. The topological polar surface area (TPSA) is 46.9 Å². The lowest BCUT2D eigenvalue weighted by Crippen LogP contribution is -2.42. The van der Waals surface area contributed by atoms with Gasteiger partial charge in [-0.1, -0.05) is 6.42 Å². The highest BCUT2D eigenvalue weighted by atomic mass is 19.3. The van der Waals surface area contributed by atoms with E-state index in [0.717, 1.165) is 35.4 Å². The molecule has 1 aromatic carbocycles. The van der Waals surface area contributed by atoms with Crippen LogP contribution in [0.2, 0.25) is 0 Å². The Balaban J connectivity index is 1.69. The quantitative estimate of drug-likeness (QED) is 0.705. The van der Waals surface area contributed by atoms with Crippen LogP contribution < -0.4 is 5.32 Å². The second-order valence-electron chi connectivity index (χ2n) is 7.89. The van der Waals surface area contributed by atoms with Gasteiger partial charge in [0.1, 0.15) is 17.3 Å². The fourth-order valence-corrected chi connectivity index (χ4v) is 3.87. The predicted molar refractivity (Wildman–Crippen MR) is 95.5 cm³/mol. The number of aryl methyl sites for hydroxylation is 1. The van der Waals surface area contributed by atoms with E-state index < -0.39 is 53.6 Å². The first kappa shape index (κ1) is 19.8. The van der Waals surface area contributed by atoms with Crippen molar-refractivity contribution in [2.75, 3.05) is 5.32 Å². The fourth-order valence-electron chi connectivity index (χ4n) is 3.87. The van der Waals surface area contributed by atoms with Crippen molar-refractivity contribution in [2.24, 2.45) is 13.0 Å². The lowest BCUT2D eigenvalue weighted by molar-refractivity contribution is -0.145. The molecule has 0 aliphatic heterocycles. The second kappa shape index (κ2) is 6.81. The smallest absolute Gasteiger partial charge is 0.310 e. The van der Waals surface area contributed by atoms with Gasteiger partial charge in [0.05, 0.1) is 0 Å². The van der Waals surface area contributed by atoms with Crippen LogP contribution in [-0.2, 0) is 17.8 Å². The molecule has 9 heteroatoms. The number of nitrogens with one attached hydrogen (secondary N) is 1. The summed E-state index contributed by atoms with van der Waals surface area (Å²) in [5.41, 5.74) is -0.674. The first-order valence-corrected chi connectivity index (χ1v) is 9.48. The number of rotatable bonds is 5. The molecule has 29 heavy (non-hydrogen) atoms. The maximum atomic E-state index is 15.3. The van der Waals surface area contributed by atoms with Crippen molar-refractivity contribution in [3.05, 3.63) is 46.9 Å². The molecule has 2 fully saturated rings. The molecule has 1 heterocycles. The Morgan fingerprint density at radius 2 is 1.83 bits per heavy atom. The number of alkyl halides is 4. The van der Waals surface area contributed by atoms with Gasteiger partial charge < -0.3 is 5.32 Å². The summed E-state index contributed by atoms with van der Waals surface area (Å²) in [6.45, 7) is 0. The second-order valence-corrected chi connectivity index (χ2v) is 7.89. The number of hydrogen-bond acceptors (Lipinski definition) is 2. The minimum absolute atomic E-state index is 0.117. The summed E-state index contributed by atoms with van der Waals surface area (Å²) in [7, 11) is 1.43. The summed E-state index contributed by atoms with van der Waals surface area (Å²) < 4.78 is 71.0. The Morgan fingerprint density at radius 3 is 2.34 bits per heavy atom. The molecule has 2 saturated carbocycles. The van der Waals surface area contributed by atoms with Crippen molar-refractivity contribution < 1.29 is 26.7 Å². The Labute approximate surface area is 164 Å². The third-order valence-electron chi connectivity index (χ3n) is 5.80. The van der Waals surface area contributed by atoms with Crippen LogP contribution in [0.4, 0.5) is 27.8 Å². The molecule has 0 radical (unpaired) electrons. The highest BCUT2D eigenvalue weighted by Crippen LogP contribution is 2.48. The molecule has 4 nitrogen and oxygen atoms in total. The Morgan fingerprint density at radius 1 is 1.21 bits per heavy atom. The van der Waals surface area contributed by atoms with E-state index in [9.17, 15) is 18.0 Å². The monoisotopic (exact) mass is 413 g/mol. The van der Waals surface area contributed by atoms with Gasteiger partial charge in [-0.3, -0.25) is 9.48 Å². The third-order valence-corrected chi connectivity index (χ3v) is 5.80. The molecule has 0 bridgehead atoms. The Bertz CT molecular complexity index is 926. The average Bonchev–Trinajstić information content (AvgIpc) is 2.89. The molecule has 0 unspecified atom stereocenters. The van der Waals surface area contributed by atoms with E-state index in [4.69, 9.17) is 0 Å². The summed E-state index contributed by atoms with van der Waals surface area (Å²) in [5.74, 6) is -8.54. The third kappa shape index (κ3) is 3.51. The number of halogens is 5. The van der Waals surface area contributed by atoms with Crippen LogP contribution in [0, 0.1) is 11.7 Å². The largest absolute Gasteiger partial charge is 0.317 e. The van der Waals surface area contributed by atoms with E-state index in [2.05, 4.69) is 10.4 Å². The van der Waals surface area contributed by atoms with Crippen LogP contribution in [-0.4, -0.2) is 21.6 Å². The van der Waals surface area contributed by atoms with Gasteiger partial charge in [0.2, 0.25) is 11.8 Å². The standard InChI is InChI=1S/C20H20F5N3O/c1-28-17(26-18(29)12-9-19(22,23)10-12)15(11-3-2-4-11)16(27-28)20(24,25)13-5-7-14(21)8-6-13/h5-8,11-12H,2-4,9-10H2,1H3,(H,26,29). The van der Waals surface area contributed by atoms with Gasteiger partial charge >= 0.3 is 5.92 Å². The zero-order valence-electron chi connectivity index (χ0n) is 15.7. The molecule has 2 aliphatic carbocycles. The van der Waals surface area contributed by atoms with Crippen molar-refractivity contribution >= 4 is 11.7 Å². The van der Waals surface area contributed by atoms with Gasteiger partial charge in [0.15, 0.2) is 0 Å². The number of aromatic nitrogens is 2. The maximum absolute atomic E-state index is 15.3. The lowest BCUT2D eigenvalue weighted by Gasteiger charge is -2.34. The number of carbonyl (C=O) groups is 1. The molecular weight excluding hydrogens is 393 g/mol. The van der Waals surface area contributed by atoms with Crippen LogP contribution in [0.25, 0.3) is 0 Å². The summed E-state index contributed by atoms with van der Waals surface area (Å²) in [6, 6.07) is 3.91. The Kier molecular flexibility index (Phi) is 4.66. The number of nitrogens with zero attached hydrogens (tertiary/aromatic N) is 2. The van der Waals surface area contributed by atoms with Crippen LogP contribution in [0.1, 0.15) is 54.8 Å². The lowest BCUT2D eigenvalue weighted by atomic mass is 9.78. The van der Waals surface area contributed by atoms with Crippen LogP contribution in [0.15, 0.2) is 24.3 Å². The summed E-state index contributed by atoms with van der Waals surface area (Å²) in [4.78, 5) is 12.4. The number of benzene rings is 1. The molecule has 1 aromatic heterocycles. The van der Waals surface area contributed by atoms with Gasteiger partial charge in [-0.2, -0.15) is 13.9 Å². The first-order valence-electron chi connectivity index (χ1n) is 9.48. The highest BCUT2D eigenvalue weighted by molar-refractivity contribution is 5.93. The molecule has 1 amide bonds. The molecule has 4 rings (SSSR count). The molecular formula is C20H20F5N3O. The van der Waals surface area contributed by atoms with Crippen molar-refractivity contribution in [3.8, 4) is 0 Å². The van der Waals surface area contributed by atoms with E-state index >= 15 is 8.78 Å². The number of carbonyl (C=O) groups excluding carboxylic acids is 1. The fraction of sp³-hybridized carbons (Fsp3) is 0.500. The maximum Gasteiger partial charge on any atom is 0.317 e. The van der Waals surface area contributed by atoms with Crippen LogP contribution in [0.5, 0.6) is 0 Å². The number of hydrogen-bond donors (Lipinski definition) is 1.